The van der Waals surface area contributed by atoms with Crippen molar-refractivity contribution in [3.63, 3.8) is 0 Å². The van der Waals surface area contributed by atoms with E-state index >= 15 is 0 Å². The third kappa shape index (κ3) is 4.38. The molecule has 0 fully saturated rings. The van der Waals surface area contributed by atoms with E-state index in [1.165, 1.54) is 0 Å². The summed E-state index contributed by atoms with van der Waals surface area (Å²) in [6.45, 7) is 6.68. The molecular weight excluding hydrogens is 264 g/mol. The van der Waals surface area contributed by atoms with Gasteiger partial charge >= 0.3 is 0 Å². The minimum atomic E-state index is 0.126. The van der Waals surface area contributed by atoms with Crippen LogP contribution in [0.2, 0.25) is 0 Å². The fourth-order valence-corrected chi connectivity index (χ4v) is 1.95. The van der Waals surface area contributed by atoms with Crippen LogP contribution in [0, 0.1) is 6.92 Å². The highest BCUT2D eigenvalue weighted by atomic mass is 16.5. The Morgan fingerprint density at radius 3 is 2.57 bits per heavy atom. The number of pyridine rings is 1. The van der Waals surface area contributed by atoms with Gasteiger partial charge in [-0.1, -0.05) is 6.07 Å². The van der Waals surface area contributed by atoms with Gasteiger partial charge in [0.05, 0.1) is 25.1 Å². The topological polar surface area (TPSA) is 43.4 Å². The van der Waals surface area contributed by atoms with E-state index in [1.807, 2.05) is 57.3 Å². The summed E-state index contributed by atoms with van der Waals surface area (Å²) < 4.78 is 11.1. The highest BCUT2D eigenvalue weighted by Gasteiger charge is 2.07. The number of methoxy groups -OCH3 is 1. The highest BCUT2D eigenvalue weighted by molar-refractivity contribution is 5.46. The zero-order valence-electron chi connectivity index (χ0n) is 13.0. The van der Waals surface area contributed by atoms with E-state index in [-0.39, 0.29) is 6.10 Å². The number of aryl methyl sites for hydroxylation is 1. The van der Waals surface area contributed by atoms with Crippen molar-refractivity contribution in [1.29, 1.82) is 0 Å². The summed E-state index contributed by atoms with van der Waals surface area (Å²) >= 11 is 0. The fraction of sp³-hybridized carbons (Fsp3) is 0.353. The second-order valence-electron chi connectivity index (χ2n) is 5.19. The Bertz CT molecular complexity index is 580. The van der Waals surface area contributed by atoms with Crippen LogP contribution in [-0.4, -0.2) is 18.2 Å². The van der Waals surface area contributed by atoms with Crippen LogP contribution in [0.4, 0.5) is 5.69 Å². The van der Waals surface area contributed by atoms with E-state index < -0.39 is 0 Å². The van der Waals surface area contributed by atoms with E-state index in [2.05, 4.69) is 10.3 Å². The van der Waals surface area contributed by atoms with E-state index in [9.17, 15) is 0 Å². The monoisotopic (exact) mass is 286 g/mol. The van der Waals surface area contributed by atoms with Crippen molar-refractivity contribution in [1.82, 2.24) is 4.98 Å². The minimum Gasteiger partial charge on any atom is -0.493 e. The molecule has 4 heteroatoms. The molecule has 0 atom stereocenters. The molecule has 21 heavy (non-hydrogen) atoms. The van der Waals surface area contributed by atoms with Gasteiger partial charge in [0.1, 0.15) is 0 Å². The van der Waals surface area contributed by atoms with Gasteiger partial charge in [-0.2, -0.15) is 0 Å². The molecule has 0 aliphatic rings. The molecular formula is C17H22N2O2. The molecule has 1 aromatic heterocycles. The quantitative estimate of drug-likeness (QED) is 0.877. The van der Waals surface area contributed by atoms with Crippen molar-refractivity contribution in [2.75, 3.05) is 12.4 Å². The van der Waals surface area contributed by atoms with Gasteiger partial charge in [-0.15, -0.1) is 0 Å². The largest absolute Gasteiger partial charge is 0.493 e. The summed E-state index contributed by atoms with van der Waals surface area (Å²) in [6, 6.07) is 9.99. The number of nitrogens with zero attached hydrogens (tertiary/aromatic N) is 1. The number of rotatable bonds is 6. The number of aromatic nitrogens is 1. The van der Waals surface area contributed by atoms with Gasteiger partial charge in [0.2, 0.25) is 0 Å². The summed E-state index contributed by atoms with van der Waals surface area (Å²) in [5, 5.41) is 3.34. The van der Waals surface area contributed by atoms with Crippen LogP contribution in [-0.2, 0) is 6.54 Å². The van der Waals surface area contributed by atoms with Gasteiger partial charge in [0.15, 0.2) is 11.5 Å². The predicted molar refractivity (Wildman–Crippen MR) is 85.1 cm³/mol. The lowest BCUT2D eigenvalue weighted by atomic mass is 10.2. The molecule has 2 aromatic rings. The Labute approximate surface area is 126 Å². The Balaban J connectivity index is 2.05. The van der Waals surface area contributed by atoms with Crippen molar-refractivity contribution < 1.29 is 9.47 Å². The molecule has 0 spiro atoms. The molecule has 0 aliphatic heterocycles. The number of anilines is 1. The average Bonchev–Trinajstić information content (AvgIpc) is 2.47. The van der Waals surface area contributed by atoms with Crippen LogP contribution in [0.3, 0.4) is 0 Å². The van der Waals surface area contributed by atoms with Crippen LogP contribution < -0.4 is 14.8 Å². The molecule has 1 aromatic carbocycles. The van der Waals surface area contributed by atoms with E-state index in [1.54, 1.807) is 7.11 Å². The van der Waals surface area contributed by atoms with Gasteiger partial charge in [0, 0.05) is 12.2 Å². The van der Waals surface area contributed by atoms with Crippen molar-refractivity contribution in [3.05, 3.63) is 47.8 Å². The van der Waals surface area contributed by atoms with Crippen molar-refractivity contribution in [2.45, 2.75) is 33.4 Å². The van der Waals surface area contributed by atoms with Gasteiger partial charge < -0.3 is 14.8 Å². The lowest BCUT2D eigenvalue weighted by molar-refractivity contribution is 0.230. The van der Waals surface area contributed by atoms with E-state index in [4.69, 9.17) is 9.47 Å². The Hall–Kier alpha value is -2.23. The molecule has 2 rings (SSSR count). The fourth-order valence-electron chi connectivity index (χ4n) is 1.95. The summed E-state index contributed by atoms with van der Waals surface area (Å²) in [4.78, 5) is 4.26. The third-order valence-electron chi connectivity index (χ3n) is 3.00. The SMILES string of the molecule is COc1cc(CNc2ccc(C)nc2)ccc1OC(C)C. The second-order valence-corrected chi connectivity index (χ2v) is 5.19. The standard InChI is InChI=1S/C17H22N2O2/c1-12(2)21-16-8-6-14(9-17(16)20-4)10-19-15-7-5-13(3)18-11-15/h5-9,11-12,19H,10H2,1-4H3. The van der Waals surface area contributed by atoms with Gasteiger partial charge in [-0.05, 0) is 50.6 Å². The van der Waals surface area contributed by atoms with Crippen molar-refractivity contribution in [3.8, 4) is 11.5 Å². The van der Waals surface area contributed by atoms with Gasteiger partial charge in [0.25, 0.3) is 0 Å². The van der Waals surface area contributed by atoms with Crippen LogP contribution in [0.5, 0.6) is 11.5 Å². The number of hydrogen-bond acceptors (Lipinski definition) is 4. The average molecular weight is 286 g/mol. The first-order valence-electron chi connectivity index (χ1n) is 7.08. The lowest BCUT2D eigenvalue weighted by Crippen LogP contribution is -2.07. The Morgan fingerprint density at radius 2 is 1.95 bits per heavy atom. The molecule has 0 saturated carbocycles. The van der Waals surface area contributed by atoms with Gasteiger partial charge in [-0.3, -0.25) is 4.98 Å². The molecule has 1 heterocycles. The Morgan fingerprint density at radius 1 is 1.14 bits per heavy atom. The first kappa shape index (κ1) is 15.2. The maximum atomic E-state index is 5.71. The maximum absolute atomic E-state index is 5.71. The highest BCUT2D eigenvalue weighted by Crippen LogP contribution is 2.29. The normalized spacial score (nSPS) is 10.5. The molecule has 0 saturated heterocycles. The smallest absolute Gasteiger partial charge is 0.161 e. The lowest BCUT2D eigenvalue weighted by Gasteiger charge is -2.15. The summed E-state index contributed by atoms with van der Waals surface area (Å²) in [6.07, 6.45) is 1.96. The second kappa shape index (κ2) is 6.97. The summed E-state index contributed by atoms with van der Waals surface area (Å²) in [5.41, 5.74) is 3.14. The number of benzene rings is 1. The van der Waals surface area contributed by atoms with Crippen molar-refractivity contribution >= 4 is 5.69 Å². The molecule has 1 N–H and O–H groups in total. The first-order valence-corrected chi connectivity index (χ1v) is 7.08. The summed E-state index contributed by atoms with van der Waals surface area (Å²) in [7, 11) is 1.66. The molecule has 0 amide bonds. The van der Waals surface area contributed by atoms with Gasteiger partial charge in [-0.25, -0.2) is 0 Å². The van der Waals surface area contributed by atoms with Crippen molar-refractivity contribution in [2.24, 2.45) is 0 Å². The predicted octanol–water partition coefficient (Wildman–Crippen LogP) is 3.80. The number of ether oxygens (including phenoxy) is 2. The van der Waals surface area contributed by atoms with Crippen LogP contribution >= 0.6 is 0 Å². The van der Waals surface area contributed by atoms with Crippen LogP contribution in [0.15, 0.2) is 36.5 Å². The van der Waals surface area contributed by atoms with E-state index in [0.717, 1.165) is 28.4 Å². The van der Waals surface area contributed by atoms with E-state index in [0.29, 0.717) is 6.54 Å². The third-order valence-corrected chi connectivity index (χ3v) is 3.00. The molecule has 112 valence electrons. The molecule has 4 nitrogen and oxygen atoms in total. The number of hydrogen-bond donors (Lipinski definition) is 1. The summed E-state index contributed by atoms with van der Waals surface area (Å²) in [5.74, 6) is 1.53. The number of nitrogens with one attached hydrogen (secondary N) is 1. The van der Waals surface area contributed by atoms with Crippen LogP contribution in [0.25, 0.3) is 0 Å². The molecule has 0 aliphatic carbocycles. The van der Waals surface area contributed by atoms with Crippen LogP contribution in [0.1, 0.15) is 25.1 Å². The maximum Gasteiger partial charge on any atom is 0.161 e. The zero-order valence-corrected chi connectivity index (χ0v) is 13.0. The molecule has 0 unspecified atom stereocenters. The molecule has 0 radical (unpaired) electrons. The minimum absolute atomic E-state index is 0.126. The molecule has 0 bridgehead atoms. The first-order chi connectivity index (χ1) is 10.1. The Kier molecular flexibility index (Phi) is 5.04. The zero-order chi connectivity index (χ0) is 15.2.